The van der Waals surface area contributed by atoms with Crippen molar-refractivity contribution in [1.82, 2.24) is 10.6 Å². The molecule has 3 N–H and O–H groups in total. The third kappa shape index (κ3) is 6.79. The molecule has 0 heterocycles. The molecular weight excluding hydrogens is 148 g/mol. The van der Waals surface area contributed by atoms with Crippen molar-refractivity contribution in [3.8, 4) is 0 Å². The third-order valence-electron chi connectivity index (χ3n) is 0.972. The Morgan fingerprint density at radius 3 is 2.45 bits per heavy atom. The normalized spacial score (nSPS) is 9.18. The van der Waals surface area contributed by atoms with Gasteiger partial charge >= 0.3 is 5.97 Å². The van der Waals surface area contributed by atoms with Gasteiger partial charge in [-0.15, -0.1) is 0 Å². The van der Waals surface area contributed by atoms with E-state index in [1.165, 1.54) is 0 Å². The summed E-state index contributed by atoms with van der Waals surface area (Å²) >= 11 is 0. The van der Waals surface area contributed by atoms with Crippen LogP contribution in [0.2, 0.25) is 0 Å². The average Bonchev–Trinajstić information content (AvgIpc) is 1.97. The minimum Gasteiger partial charge on any atom is -0.480 e. The Labute approximate surface area is 64.8 Å². The van der Waals surface area contributed by atoms with Gasteiger partial charge in [0.1, 0.15) is 6.54 Å². The van der Waals surface area contributed by atoms with Crippen molar-refractivity contribution in [3.05, 3.63) is 0 Å². The fourth-order valence-corrected chi connectivity index (χ4v) is 0.475. The van der Waals surface area contributed by atoms with Crippen molar-refractivity contribution < 1.29 is 14.7 Å². The first-order valence-electron chi connectivity index (χ1n) is 3.36. The van der Waals surface area contributed by atoms with E-state index in [0.29, 0.717) is 6.54 Å². The number of rotatable bonds is 5. The predicted molar refractivity (Wildman–Crippen MR) is 39.2 cm³/mol. The van der Waals surface area contributed by atoms with Gasteiger partial charge in [-0.2, -0.15) is 0 Å². The van der Waals surface area contributed by atoms with Gasteiger partial charge in [0.05, 0.1) is 6.54 Å². The Kier molecular flexibility index (Phi) is 5.10. The summed E-state index contributed by atoms with van der Waals surface area (Å²) < 4.78 is 0. The number of nitrogens with one attached hydrogen (secondary N) is 2. The zero-order chi connectivity index (χ0) is 8.69. The second kappa shape index (κ2) is 5.67. The van der Waals surface area contributed by atoms with E-state index in [0.717, 1.165) is 0 Å². The third-order valence-corrected chi connectivity index (χ3v) is 0.972. The fraction of sp³-hybridized carbons (Fsp3) is 0.667. The topological polar surface area (TPSA) is 78.4 Å². The van der Waals surface area contributed by atoms with E-state index in [-0.39, 0.29) is 19.0 Å². The van der Waals surface area contributed by atoms with E-state index in [2.05, 4.69) is 10.6 Å². The summed E-state index contributed by atoms with van der Waals surface area (Å²) in [5, 5.41) is 13.1. The quantitative estimate of drug-likeness (QED) is 0.472. The minimum atomic E-state index is -1.03. The molecule has 0 bridgehead atoms. The maximum atomic E-state index is 10.7. The molecule has 0 aromatic carbocycles. The largest absolute Gasteiger partial charge is 0.480 e. The van der Waals surface area contributed by atoms with Gasteiger partial charge in [0, 0.05) is 0 Å². The summed E-state index contributed by atoms with van der Waals surface area (Å²) in [6.07, 6.45) is 0. The highest BCUT2D eigenvalue weighted by Gasteiger charge is 2.00. The molecule has 0 unspecified atom stereocenters. The van der Waals surface area contributed by atoms with Crippen molar-refractivity contribution in [2.75, 3.05) is 19.6 Å². The SMILES string of the molecule is CCNCC(=O)NCC(=O)O. The first-order valence-corrected chi connectivity index (χ1v) is 3.36. The molecule has 64 valence electrons. The number of carbonyl (C=O) groups is 2. The molecular formula is C6H12N2O3. The zero-order valence-electron chi connectivity index (χ0n) is 6.39. The van der Waals surface area contributed by atoms with E-state index < -0.39 is 5.97 Å². The lowest BCUT2D eigenvalue weighted by molar-refractivity contribution is -0.137. The molecule has 0 atom stereocenters. The van der Waals surface area contributed by atoms with Crippen molar-refractivity contribution >= 4 is 11.9 Å². The lowest BCUT2D eigenvalue weighted by Crippen LogP contribution is -2.36. The highest BCUT2D eigenvalue weighted by atomic mass is 16.4. The molecule has 5 heteroatoms. The molecule has 11 heavy (non-hydrogen) atoms. The summed E-state index contributed by atoms with van der Waals surface area (Å²) in [5.41, 5.74) is 0. The minimum absolute atomic E-state index is 0.170. The Bertz CT molecular complexity index is 147. The number of amides is 1. The smallest absolute Gasteiger partial charge is 0.322 e. The van der Waals surface area contributed by atoms with Crippen molar-refractivity contribution in [2.24, 2.45) is 0 Å². The number of carboxylic acid groups (broad SMARTS) is 1. The zero-order valence-corrected chi connectivity index (χ0v) is 6.39. The van der Waals surface area contributed by atoms with Crippen molar-refractivity contribution in [3.63, 3.8) is 0 Å². The standard InChI is InChI=1S/C6H12N2O3/c1-2-7-3-5(9)8-4-6(10)11/h7H,2-4H2,1H3,(H,8,9)(H,10,11). The molecule has 0 spiro atoms. The Balaban J connectivity index is 3.30. The van der Waals surface area contributed by atoms with Crippen LogP contribution in [0.25, 0.3) is 0 Å². The van der Waals surface area contributed by atoms with Crippen LogP contribution in [0.1, 0.15) is 6.92 Å². The number of aliphatic carboxylic acids is 1. The number of carbonyl (C=O) groups excluding carboxylic acids is 1. The summed E-state index contributed by atoms with van der Waals surface area (Å²) in [5.74, 6) is -1.33. The van der Waals surface area contributed by atoms with Crippen LogP contribution in [0, 0.1) is 0 Å². The van der Waals surface area contributed by atoms with E-state index in [1.54, 1.807) is 0 Å². The van der Waals surface area contributed by atoms with Crippen LogP contribution >= 0.6 is 0 Å². The van der Waals surface area contributed by atoms with Crippen LogP contribution in [-0.4, -0.2) is 36.6 Å². The summed E-state index contributed by atoms with van der Waals surface area (Å²) in [6.45, 7) is 2.42. The molecule has 1 amide bonds. The van der Waals surface area contributed by atoms with Crippen LogP contribution in [0.15, 0.2) is 0 Å². The van der Waals surface area contributed by atoms with Crippen LogP contribution < -0.4 is 10.6 Å². The molecule has 5 nitrogen and oxygen atoms in total. The molecule has 0 radical (unpaired) electrons. The van der Waals surface area contributed by atoms with Gasteiger partial charge in [0.25, 0.3) is 0 Å². The molecule has 0 aromatic rings. The Morgan fingerprint density at radius 1 is 1.36 bits per heavy atom. The maximum Gasteiger partial charge on any atom is 0.322 e. The Hall–Kier alpha value is -1.10. The second-order valence-electron chi connectivity index (χ2n) is 1.95. The number of hydrogen-bond acceptors (Lipinski definition) is 3. The van der Waals surface area contributed by atoms with Gasteiger partial charge in [0.2, 0.25) is 5.91 Å². The van der Waals surface area contributed by atoms with Gasteiger partial charge in [-0.1, -0.05) is 6.92 Å². The molecule has 0 saturated heterocycles. The summed E-state index contributed by atoms with van der Waals surface area (Å²) in [6, 6.07) is 0. The van der Waals surface area contributed by atoms with Gasteiger partial charge in [-0.25, -0.2) is 0 Å². The molecule has 0 saturated carbocycles. The van der Waals surface area contributed by atoms with Crippen LogP contribution in [-0.2, 0) is 9.59 Å². The molecule has 0 rings (SSSR count). The summed E-state index contributed by atoms with van der Waals surface area (Å²) in [4.78, 5) is 20.6. The van der Waals surface area contributed by atoms with E-state index in [9.17, 15) is 9.59 Å². The van der Waals surface area contributed by atoms with E-state index in [1.807, 2.05) is 6.92 Å². The van der Waals surface area contributed by atoms with E-state index >= 15 is 0 Å². The van der Waals surface area contributed by atoms with Crippen molar-refractivity contribution in [2.45, 2.75) is 6.92 Å². The van der Waals surface area contributed by atoms with Gasteiger partial charge in [0.15, 0.2) is 0 Å². The lowest BCUT2D eigenvalue weighted by atomic mass is 10.5. The second-order valence-corrected chi connectivity index (χ2v) is 1.95. The molecule has 0 fully saturated rings. The van der Waals surface area contributed by atoms with Gasteiger partial charge in [-0.05, 0) is 6.54 Å². The first-order chi connectivity index (χ1) is 5.16. The number of carboxylic acids is 1. The highest BCUT2D eigenvalue weighted by molar-refractivity contribution is 5.82. The highest BCUT2D eigenvalue weighted by Crippen LogP contribution is 1.64. The van der Waals surface area contributed by atoms with Crippen LogP contribution in [0.4, 0.5) is 0 Å². The number of hydrogen-bond donors (Lipinski definition) is 3. The Morgan fingerprint density at radius 2 is 2.00 bits per heavy atom. The van der Waals surface area contributed by atoms with E-state index in [4.69, 9.17) is 5.11 Å². The lowest BCUT2D eigenvalue weighted by Gasteiger charge is -2.01. The monoisotopic (exact) mass is 160 g/mol. The summed E-state index contributed by atoms with van der Waals surface area (Å²) in [7, 11) is 0. The molecule has 0 aliphatic rings. The molecule has 0 aliphatic carbocycles. The predicted octanol–water partition coefficient (Wildman–Crippen LogP) is -1.20. The van der Waals surface area contributed by atoms with Crippen LogP contribution in [0.5, 0.6) is 0 Å². The van der Waals surface area contributed by atoms with Gasteiger partial charge < -0.3 is 15.7 Å². The maximum absolute atomic E-state index is 10.7. The van der Waals surface area contributed by atoms with Crippen molar-refractivity contribution in [1.29, 1.82) is 0 Å². The first kappa shape index (κ1) is 9.90. The average molecular weight is 160 g/mol. The van der Waals surface area contributed by atoms with Crippen LogP contribution in [0.3, 0.4) is 0 Å². The van der Waals surface area contributed by atoms with Gasteiger partial charge in [-0.3, -0.25) is 9.59 Å². The molecule has 0 aromatic heterocycles. The number of likely N-dealkylation sites (N-methyl/N-ethyl adjacent to an activating group) is 1. The molecule has 0 aliphatic heterocycles. The fourth-order valence-electron chi connectivity index (χ4n) is 0.475.